The van der Waals surface area contributed by atoms with Gasteiger partial charge in [0.1, 0.15) is 0 Å². The summed E-state index contributed by atoms with van der Waals surface area (Å²) in [6, 6.07) is 4.04. The Balaban J connectivity index is 2.62. The molecule has 0 fully saturated rings. The van der Waals surface area contributed by atoms with Crippen LogP contribution in [0.3, 0.4) is 0 Å². The summed E-state index contributed by atoms with van der Waals surface area (Å²) in [5, 5.41) is 2.03. The molecule has 3 heteroatoms. The first-order valence-corrected chi connectivity index (χ1v) is 4.91. The Morgan fingerprint density at radius 2 is 2.33 bits per heavy atom. The van der Waals surface area contributed by atoms with Crippen LogP contribution in [0.5, 0.6) is 0 Å². The molecule has 1 aromatic heterocycles. The molecule has 0 saturated heterocycles. The van der Waals surface area contributed by atoms with Crippen molar-refractivity contribution >= 4 is 28.4 Å². The fourth-order valence-electron chi connectivity index (χ4n) is 0.718. The Morgan fingerprint density at radius 3 is 2.83 bits per heavy atom. The van der Waals surface area contributed by atoms with Crippen LogP contribution in [-0.2, 0) is 0 Å². The van der Waals surface area contributed by atoms with E-state index in [0.29, 0.717) is 0 Å². The maximum Gasteiger partial charge on any atom is 0.0563 e. The van der Waals surface area contributed by atoms with E-state index in [1.54, 1.807) is 11.3 Å². The molecule has 1 rings (SSSR count). The fraction of sp³-hybridized carbons (Fsp3) is 0.222. The molecule has 1 heterocycles. The van der Waals surface area contributed by atoms with Gasteiger partial charge in [-0.05, 0) is 23.7 Å². The van der Waals surface area contributed by atoms with Gasteiger partial charge in [-0.3, -0.25) is 0 Å². The van der Waals surface area contributed by atoms with Crippen LogP contribution in [0.4, 0.5) is 0 Å². The number of nitrogens with zero attached hydrogens (tertiary/aromatic N) is 1. The van der Waals surface area contributed by atoms with Gasteiger partial charge < -0.3 is 4.90 Å². The summed E-state index contributed by atoms with van der Waals surface area (Å²) in [6.45, 7) is 0. The molecule has 0 N–H and O–H groups in total. The largest absolute Gasteiger partial charge is 0.383 e. The van der Waals surface area contributed by atoms with E-state index in [9.17, 15) is 0 Å². The van der Waals surface area contributed by atoms with Gasteiger partial charge in [-0.15, -0.1) is 11.3 Å². The van der Waals surface area contributed by atoms with Crippen LogP contribution in [0.15, 0.2) is 29.8 Å². The minimum Gasteiger partial charge on any atom is -0.383 e. The summed E-state index contributed by atoms with van der Waals surface area (Å²) in [6.07, 6.45) is 3.91. The second-order valence-electron chi connectivity index (χ2n) is 2.62. The molecule has 0 unspecified atom stereocenters. The first-order chi connectivity index (χ1) is 5.70. The number of thiophene rings is 1. The van der Waals surface area contributed by atoms with Gasteiger partial charge in [0.25, 0.3) is 0 Å². The summed E-state index contributed by atoms with van der Waals surface area (Å²) in [7, 11) is 3.96. The van der Waals surface area contributed by atoms with Crippen LogP contribution in [-0.4, -0.2) is 23.9 Å². The topological polar surface area (TPSA) is 3.24 Å². The maximum absolute atomic E-state index is 5.19. The van der Waals surface area contributed by atoms with Crippen molar-refractivity contribution in [3.63, 3.8) is 0 Å². The van der Waals surface area contributed by atoms with Crippen LogP contribution in [0, 0.1) is 0 Å². The first kappa shape index (κ1) is 9.42. The normalized spacial score (nSPS) is 10.5. The van der Waals surface area contributed by atoms with Crippen LogP contribution in [0.2, 0.25) is 0 Å². The summed E-state index contributed by atoms with van der Waals surface area (Å²) < 4.78 is 0. The molecule has 1 aromatic rings. The van der Waals surface area contributed by atoms with Gasteiger partial charge in [0.05, 0.1) is 4.86 Å². The molecule has 64 valence electrons. The predicted octanol–water partition coefficient (Wildman–Crippen LogP) is 2.54. The van der Waals surface area contributed by atoms with Crippen molar-refractivity contribution < 1.29 is 0 Å². The van der Waals surface area contributed by atoms with Crippen molar-refractivity contribution in [1.82, 2.24) is 4.90 Å². The number of hydrogen-bond acceptors (Lipinski definition) is 3. The van der Waals surface area contributed by atoms with E-state index in [0.717, 1.165) is 9.74 Å². The zero-order valence-electron chi connectivity index (χ0n) is 7.15. The van der Waals surface area contributed by atoms with E-state index < -0.39 is 0 Å². The lowest BCUT2D eigenvalue weighted by Crippen LogP contribution is -2.01. The summed E-state index contributed by atoms with van der Waals surface area (Å²) in [5.41, 5.74) is 0. The monoisotopic (exact) mass is 197 g/mol. The van der Waals surface area contributed by atoms with Gasteiger partial charge in [-0.25, -0.2) is 0 Å². The molecule has 0 amide bonds. The molecular formula is C9H11NS2. The van der Waals surface area contributed by atoms with E-state index in [4.69, 9.17) is 12.2 Å². The average Bonchev–Trinajstić information content (AvgIpc) is 2.51. The van der Waals surface area contributed by atoms with Crippen molar-refractivity contribution in [1.29, 1.82) is 0 Å². The molecule has 0 atom stereocenters. The second kappa shape index (κ2) is 4.38. The smallest absolute Gasteiger partial charge is 0.0563 e. The summed E-state index contributed by atoms with van der Waals surface area (Å²) >= 11 is 6.86. The highest BCUT2D eigenvalue weighted by Crippen LogP contribution is 2.10. The quantitative estimate of drug-likeness (QED) is 0.416. The Hall–Kier alpha value is -0.670. The number of thiocarbonyl (C=S) groups is 1. The molecule has 0 spiro atoms. The molecule has 0 aromatic carbocycles. The highest BCUT2D eigenvalue weighted by Gasteiger charge is 1.96. The van der Waals surface area contributed by atoms with Gasteiger partial charge in [-0.1, -0.05) is 18.3 Å². The average molecular weight is 197 g/mol. The van der Waals surface area contributed by atoms with E-state index >= 15 is 0 Å². The Bertz CT molecular complexity index is 273. The summed E-state index contributed by atoms with van der Waals surface area (Å²) in [4.78, 5) is 4.03. The van der Waals surface area contributed by atoms with Gasteiger partial charge in [0.2, 0.25) is 0 Å². The van der Waals surface area contributed by atoms with Crippen LogP contribution in [0.1, 0.15) is 4.88 Å². The molecule has 0 bridgehead atoms. The zero-order chi connectivity index (χ0) is 8.97. The zero-order valence-corrected chi connectivity index (χ0v) is 8.78. The van der Waals surface area contributed by atoms with Gasteiger partial charge >= 0.3 is 0 Å². The Morgan fingerprint density at radius 1 is 1.58 bits per heavy atom. The van der Waals surface area contributed by atoms with Crippen LogP contribution in [0.25, 0.3) is 0 Å². The second-order valence-corrected chi connectivity index (χ2v) is 4.01. The molecule has 1 nitrogen and oxygen atoms in total. The van der Waals surface area contributed by atoms with Crippen molar-refractivity contribution in [2.24, 2.45) is 0 Å². The van der Waals surface area contributed by atoms with Crippen molar-refractivity contribution in [3.8, 4) is 0 Å². The van der Waals surface area contributed by atoms with E-state index in [1.165, 1.54) is 0 Å². The van der Waals surface area contributed by atoms with Crippen LogP contribution < -0.4 is 0 Å². The minimum absolute atomic E-state index is 0.902. The summed E-state index contributed by atoms with van der Waals surface area (Å²) in [5.74, 6) is 0. The molecule has 12 heavy (non-hydrogen) atoms. The first-order valence-electron chi connectivity index (χ1n) is 3.62. The number of rotatable bonds is 3. The highest BCUT2D eigenvalue weighted by atomic mass is 32.1. The number of allylic oxidation sites excluding steroid dienone is 1. The number of hydrogen-bond donors (Lipinski definition) is 0. The highest BCUT2D eigenvalue weighted by molar-refractivity contribution is 7.81. The van der Waals surface area contributed by atoms with Crippen LogP contribution >= 0.6 is 23.6 Å². The molecule has 0 aliphatic carbocycles. The van der Waals surface area contributed by atoms with Gasteiger partial charge in [0, 0.05) is 19.0 Å². The third-order valence-electron chi connectivity index (χ3n) is 1.29. The lowest BCUT2D eigenvalue weighted by Gasteiger charge is -2.02. The Kier molecular flexibility index (Phi) is 3.44. The molecule has 0 aliphatic rings. The fourth-order valence-corrected chi connectivity index (χ4v) is 1.64. The molecule has 0 radical (unpaired) electrons. The van der Waals surface area contributed by atoms with Crippen molar-refractivity contribution in [3.05, 3.63) is 34.7 Å². The van der Waals surface area contributed by atoms with Crippen molar-refractivity contribution in [2.75, 3.05) is 14.1 Å². The lowest BCUT2D eigenvalue weighted by atomic mass is 10.3. The predicted molar refractivity (Wildman–Crippen MR) is 58.8 cm³/mol. The Labute approximate surface area is 82.3 Å². The minimum atomic E-state index is 0.902. The standard InChI is InChI=1S/C9H11NS2/c1-10(2)6-5-8(11)9-4-3-7-12-9/h3-7H,1-2H3. The SMILES string of the molecule is CN(C)C=CC(=S)c1cccs1. The van der Waals surface area contributed by atoms with E-state index in [2.05, 4.69) is 0 Å². The van der Waals surface area contributed by atoms with E-state index in [-0.39, 0.29) is 0 Å². The maximum atomic E-state index is 5.19. The van der Waals surface area contributed by atoms with E-state index in [1.807, 2.05) is 48.8 Å². The molecule has 0 saturated carbocycles. The third-order valence-corrected chi connectivity index (χ3v) is 2.68. The van der Waals surface area contributed by atoms with Gasteiger partial charge in [0.15, 0.2) is 0 Å². The van der Waals surface area contributed by atoms with Crippen molar-refractivity contribution in [2.45, 2.75) is 0 Å². The third kappa shape index (κ3) is 2.75. The molecular weight excluding hydrogens is 186 g/mol. The molecule has 0 aliphatic heterocycles. The lowest BCUT2D eigenvalue weighted by molar-refractivity contribution is 0.564. The van der Waals surface area contributed by atoms with Gasteiger partial charge in [-0.2, -0.15) is 0 Å².